The standard InChI is InChI=1S/C15H15F3N4O2/c1-2-22(7-3-6-19)13-5-4-10(8-11(13)15(16,17)18)12-9-24-14(23)21-20-12/h4-5,8H,2-3,7,9H2,1H3,(H,21,23). The highest BCUT2D eigenvalue weighted by molar-refractivity contribution is 6.04. The van der Waals surface area contributed by atoms with Crippen molar-refractivity contribution >= 4 is 17.5 Å². The van der Waals surface area contributed by atoms with Crippen LogP contribution >= 0.6 is 0 Å². The fourth-order valence-corrected chi connectivity index (χ4v) is 2.31. The van der Waals surface area contributed by atoms with Crippen molar-refractivity contribution in [2.75, 3.05) is 24.6 Å². The number of carbonyl (C=O) groups excluding carboxylic acids is 1. The fourth-order valence-electron chi connectivity index (χ4n) is 2.31. The predicted octanol–water partition coefficient (Wildman–Crippen LogP) is 2.89. The first-order valence-corrected chi connectivity index (χ1v) is 7.19. The van der Waals surface area contributed by atoms with Crippen LogP contribution in [0.2, 0.25) is 0 Å². The minimum absolute atomic E-state index is 0.00497. The van der Waals surface area contributed by atoms with E-state index in [1.165, 1.54) is 17.0 Å². The monoisotopic (exact) mass is 340 g/mol. The summed E-state index contributed by atoms with van der Waals surface area (Å²) >= 11 is 0. The molecule has 9 heteroatoms. The zero-order valence-corrected chi connectivity index (χ0v) is 12.9. The van der Waals surface area contributed by atoms with Gasteiger partial charge in [-0.05, 0) is 19.1 Å². The smallest absolute Gasteiger partial charge is 0.428 e. The summed E-state index contributed by atoms with van der Waals surface area (Å²) in [5.41, 5.74) is 1.66. The molecule has 128 valence electrons. The number of ether oxygens (including phenoxy) is 1. The highest BCUT2D eigenvalue weighted by Crippen LogP contribution is 2.37. The Morgan fingerprint density at radius 2 is 2.21 bits per heavy atom. The average Bonchev–Trinajstić information content (AvgIpc) is 2.55. The van der Waals surface area contributed by atoms with E-state index in [0.717, 1.165) is 6.07 Å². The van der Waals surface area contributed by atoms with Crippen LogP contribution in [0.4, 0.5) is 23.7 Å². The number of hydrogen-bond acceptors (Lipinski definition) is 5. The molecule has 0 aliphatic carbocycles. The molecule has 0 bridgehead atoms. The molecule has 0 atom stereocenters. The van der Waals surface area contributed by atoms with Crippen LogP contribution in [0.25, 0.3) is 0 Å². The van der Waals surface area contributed by atoms with Gasteiger partial charge >= 0.3 is 12.3 Å². The van der Waals surface area contributed by atoms with E-state index in [-0.39, 0.29) is 36.5 Å². The third-order valence-electron chi connectivity index (χ3n) is 3.47. The Morgan fingerprint density at radius 3 is 2.75 bits per heavy atom. The number of alkyl halides is 3. The van der Waals surface area contributed by atoms with Crippen molar-refractivity contribution in [3.63, 3.8) is 0 Å². The number of amides is 1. The van der Waals surface area contributed by atoms with Gasteiger partial charge in [-0.2, -0.15) is 23.5 Å². The first-order valence-electron chi connectivity index (χ1n) is 7.19. The van der Waals surface area contributed by atoms with Crippen molar-refractivity contribution in [3.05, 3.63) is 29.3 Å². The van der Waals surface area contributed by atoms with Gasteiger partial charge in [0.15, 0.2) is 0 Å². The average molecular weight is 340 g/mol. The van der Waals surface area contributed by atoms with Gasteiger partial charge in [0.2, 0.25) is 0 Å². The van der Waals surface area contributed by atoms with E-state index in [2.05, 4.69) is 10.5 Å². The van der Waals surface area contributed by atoms with E-state index in [0.29, 0.717) is 6.54 Å². The van der Waals surface area contributed by atoms with Crippen molar-refractivity contribution in [1.29, 1.82) is 5.26 Å². The molecule has 1 heterocycles. The molecule has 1 aromatic rings. The molecular weight excluding hydrogens is 325 g/mol. The van der Waals surface area contributed by atoms with Crippen LogP contribution < -0.4 is 10.3 Å². The Hall–Kier alpha value is -2.76. The van der Waals surface area contributed by atoms with Gasteiger partial charge < -0.3 is 9.64 Å². The van der Waals surface area contributed by atoms with E-state index in [1.807, 2.05) is 6.07 Å². The molecule has 1 amide bonds. The molecule has 0 saturated heterocycles. The number of halogens is 3. The third kappa shape index (κ3) is 3.95. The maximum atomic E-state index is 13.4. The second-order valence-corrected chi connectivity index (χ2v) is 4.96. The molecule has 0 radical (unpaired) electrons. The summed E-state index contributed by atoms with van der Waals surface area (Å²) in [4.78, 5) is 12.4. The summed E-state index contributed by atoms with van der Waals surface area (Å²) in [5.74, 6) is 0. The molecule has 24 heavy (non-hydrogen) atoms. The second-order valence-electron chi connectivity index (χ2n) is 4.96. The number of rotatable bonds is 5. The number of nitrogens with one attached hydrogen (secondary N) is 1. The van der Waals surface area contributed by atoms with Crippen LogP contribution in [0.5, 0.6) is 0 Å². The highest BCUT2D eigenvalue weighted by Gasteiger charge is 2.35. The van der Waals surface area contributed by atoms with Crippen molar-refractivity contribution in [1.82, 2.24) is 5.43 Å². The van der Waals surface area contributed by atoms with Gasteiger partial charge in [-0.15, -0.1) is 0 Å². The van der Waals surface area contributed by atoms with E-state index >= 15 is 0 Å². The van der Waals surface area contributed by atoms with Crippen LogP contribution in [0.15, 0.2) is 23.3 Å². The number of hydrogen-bond donors (Lipinski definition) is 1. The molecule has 0 aromatic heterocycles. The number of benzene rings is 1. The number of cyclic esters (lactones) is 1. The summed E-state index contributed by atoms with van der Waals surface area (Å²) in [5, 5.41) is 12.4. The van der Waals surface area contributed by atoms with Crippen LogP contribution in [0.3, 0.4) is 0 Å². The third-order valence-corrected chi connectivity index (χ3v) is 3.47. The second kappa shape index (κ2) is 7.21. The molecule has 1 aliphatic rings. The lowest BCUT2D eigenvalue weighted by atomic mass is 10.0. The summed E-state index contributed by atoms with van der Waals surface area (Å²) in [6.07, 6.45) is -5.19. The zero-order chi connectivity index (χ0) is 17.7. The van der Waals surface area contributed by atoms with Crippen molar-refractivity contribution < 1.29 is 22.7 Å². The first kappa shape index (κ1) is 17.6. The van der Waals surface area contributed by atoms with E-state index in [4.69, 9.17) is 10.00 Å². The summed E-state index contributed by atoms with van der Waals surface area (Å²) in [6.45, 7) is 2.06. The molecule has 0 fully saturated rings. The van der Waals surface area contributed by atoms with Crippen LogP contribution in [0.1, 0.15) is 24.5 Å². The predicted molar refractivity (Wildman–Crippen MR) is 80.6 cm³/mol. The fraction of sp³-hybridized carbons (Fsp3) is 0.400. The quantitative estimate of drug-likeness (QED) is 0.894. The Kier molecular flexibility index (Phi) is 5.28. The zero-order valence-electron chi connectivity index (χ0n) is 12.9. The Labute approximate surface area is 136 Å². The molecule has 6 nitrogen and oxygen atoms in total. The van der Waals surface area contributed by atoms with Gasteiger partial charge in [0, 0.05) is 24.3 Å². The number of hydrazone groups is 1. The van der Waals surface area contributed by atoms with Gasteiger partial charge in [-0.3, -0.25) is 0 Å². The minimum atomic E-state index is -4.56. The van der Waals surface area contributed by atoms with Crippen molar-refractivity contribution in [2.45, 2.75) is 19.5 Å². The van der Waals surface area contributed by atoms with Gasteiger partial charge in [-0.1, -0.05) is 6.07 Å². The van der Waals surface area contributed by atoms with E-state index in [1.54, 1.807) is 6.92 Å². The molecule has 1 N–H and O–H groups in total. The lowest BCUT2D eigenvalue weighted by molar-refractivity contribution is -0.137. The molecular formula is C15H15F3N4O2. The van der Waals surface area contributed by atoms with E-state index < -0.39 is 17.8 Å². The maximum absolute atomic E-state index is 13.4. The number of nitrogens with zero attached hydrogens (tertiary/aromatic N) is 3. The first-order chi connectivity index (χ1) is 11.4. The van der Waals surface area contributed by atoms with Crippen molar-refractivity contribution in [2.24, 2.45) is 5.10 Å². The topological polar surface area (TPSA) is 77.7 Å². The van der Waals surface area contributed by atoms with Crippen LogP contribution in [0, 0.1) is 11.3 Å². The Bertz CT molecular complexity index is 695. The summed E-state index contributed by atoms with van der Waals surface area (Å²) in [6, 6.07) is 5.74. The molecule has 2 rings (SSSR count). The molecule has 1 aromatic carbocycles. The van der Waals surface area contributed by atoms with Gasteiger partial charge in [0.25, 0.3) is 0 Å². The van der Waals surface area contributed by atoms with Gasteiger partial charge in [-0.25, -0.2) is 10.2 Å². The number of carbonyl (C=O) groups is 1. The summed E-state index contributed by atoms with van der Waals surface area (Å²) in [7, 11) is 0. The van der Waals surface area contributed by atoms with Gasteiger partial charge in [0.05, 0.1) is 18.1 Å². The van der Waals surface area contributed by atoms with E-state index in [9.17, 15) is 18.0 Å². The molecule has 1 aliphatic heterocycles. The maximum Gasteiger partial charge on any atom is 0.428 e. The molecule has 0 saturated carbocycles. The Morgan fingerprint density at radius 1 is 1.46 bits per heavy atom. The summed E-state index contributed by atoms with van der Waals surface area (Å²) < 4.78 is 45.0. The van der Waals surface area contributed by atoms with Crippen LogP contribution in [-0.2, 0) is 10.9 Å². The highest BCUT2D eigenvalue weighted by atomic mass is 19.4. The van der Waals surface area contributed by atoms with Crippen LogP contribution in [-0.4, -0.2) is 31.5 Å². The Balaban J connectivity index is 2.43. The molecule has 0 unspecified atom stereocenters. The number of nitriles is 1. The normalized spacial score (nSPS) is 14.3. The lowest BCUT2D eigenvalue weighted by Crippen LogP contribution is -2.31. The largest absolute Gasteiger partial charge is 0.442 e. The SMILES string of the molecule is CCN(CCC#N)c1ccc(C2=NNC(=O)OC2)cc1C(F)(F)F. The number of anilines is 1. The lowest BCUT2D eigenvalue weighted by Gasteiger charge is -2.26. The minimum Gasteiger partial charge on any atom is -0.442 e. The molecule has 0 spiro atoms. The van der Waals surface area contributed by atoms with Gasteiger partial charge in [0.1, 0.15) is 12.3 Å². The van der Waals surface area contributed by atoms with Crippen molar-refractivity contribution in [3.8, 4) is 6.07 Å².